The summed E-state index contributed by atoms with van der Waals surface area (Å²) in [7, 11) is 0. The number of carbonyl (C=O) groups excluding carboxylic acids is 2. The lowest BCUT2D eigenvalue weighted by molar-refractivity contribution is -0.140. The van der Waals surface area contributed by atoms with Crippen molar-refractivity contribution in [1.29, 1.82) is 0 Å². The number of rotatable bonds is 11. The molecule has 6 nitrogen and oxygen atoms in total. The Labute approximate surface area is 202 Å². The Kier molecular flexibility index (Phi) is 8.88. The van der Waals surface area contributed by atoms with Gasteiger partial charge in [0.25, 0.3) is 11.7 Å². The van der Waals surface area contributed by atoms with Crippen molar-refractivity contribution in [3.05, 3.63) is 70.8 Å². The summed E-state index contributed by atoms with van der Waals surface area (Å²) in [6.07, 6.45) is 1.61. The molecule has 0 spiro atoms. The summed E-state index contributed by atoms with van der Waals surface area (Å²) < 4.78 is 5.70. The van der Waals surface area contributed by atoms with Crippen molar-refractivity contribution in [2.24, 2.45) is 0 Å². The predicted molar refractivity (Wildman–Crippen MR) is 135 cm³/mol. The third-order valence-electron chi connectivity index (χ3n) is 6.28. The van der Waals surface area contributed by atoms with Gasteiger partial charge in [-0.3, -0.25) is 9.59 Å². The molecule has 3 rings (SSSR count). The minimum atomic E-state index is -0.647. The number of benzene rings is 2. The summed E-state index contributed by atoms with van der Waals surface area (Å²) in [5.74, 6) is -0.765. The molecule has 1 amide bonds. The number of hydrogen-bond acceptors (Lipinski definition) is 5. The summed E-state index contributed by atoms with van der Waals surface area (Å²) in [5.41, 5.74) is 2.49. The topological polar surface area (TPSA) is 70.1 Å². The van der Waals surface area contributed by atoms with Crippen LogP contribution in [0.1, 0.15) is 56.3 Å². The van der Waals surface area contributed by atoms with Gasteiger partial charge in [-0.05, 0) is 57.1 Å². The standard InChI is InChI=1S/C28H36N2O4/c1-5-18-34-23-11-8-10-22(19-23)26(31)24-25(21-14-12-20(4)13-15-21)30(28(33)27(24)32)17-9-16-29(6-2)7-3/h8,10-15,19,25,31H,5-7,9,16-18H2,1-4H3. The van der Waals surface area contributed by atoms with Crippen LogP contribution in [0.3, 0.4) is 0 Å². The van der Waals surface area contributed by atoms with Crippen LogP contribution >= 0.6 is 0 Å². The van der Waals surface area contributed by atoms with Crippen LogP contribution in [0.2, 0.25) is 0 Å². The van der Waals surface area contributed by atoms with Crippen molar-refractivity contribution in [1.82, 2.24) is 9.80 Å². The third-order valence-corrected chi connectivity index (χ3v) is 6.28. The minimum Gasteiger partial charge on any atom is -0.507 e. The molecule has 1 atom stereocenters. The van der Waals surface area contributed by atoms with Crippen LogP contribution in [0.4, 0.5) is 0 Å². The number of amides is 1. The number of nitrogens with zero attached hydrogens (tertiary/aromatic N) is 2. The molecule has 0 aliphatic carbocycles. The average Bonchev–Trinajstić information content (AvgIpc) is 3.10. The molecule has 0 bridgehead atoms. The first kappa shape index (κ1) is 25.5. The molecule has 1 fully saturated rings. The molecular formula is C28H36N2O4. The highest BCUT2D eigenvalue weighted by molar-refractivity contribution is 6.46. The molecule has 2 aromatic rings. The normalized spacial score (nSPS) is 17.6. The first-order valence-corrected chi connectivity index (χ1v) is 12.2. The smallest absolute Gasteiger partial charge is 0.295 e. The Morgan fingerprint density at radius 3 is 2.41 bits per heavy atom. The Bertz CT molecular complexity index is 1020. The van der Waals surface area contributed by atoms with E-state index in [4.69, 9.17) is 4.74 Å². The highest BCUT2D eigenvalue weighted by atomic mass is 16.5. The summed E-state index contributed by atoms with van der Waals surface area (Å²) in [6.45, 7) is 12.0. The number of ketones is 1. The molecule has 0 saturated carbocycles. The summed E-state index contributed by atoms with van der Waals surface area (Å²) in [4.78, 5) is 30.2. The van der Waals surface area contributed by atoms with Crippen molar-refractivity contribution in [3.8, 4) is 5.75 Å². The van der Waals surface area contributed by atoms with Crippen molar-refractivity contribution in [2.45, 2.75) is 46.6 Å². The fourth-order valence-electron chi connectivity index (χ4n) is 4.32. The zero-order valence-corrected chi connectivity index (χ0v) is 20.7. The van der Waals surface area contributed by atoms with Gasteiger partial charge in [-0.25, -0.2) is 0 Å². The van der Waals surface area contributed by atoms with E-state index in [2.05, 4.69) is 18.7 Å². The first-order chi connectivity index (χ1) is 16.4. The maximum atomic E-state index is 13.2. The van der Waals surface area contributed by atoms with E-state index in [-0.39, 0.29) is 11.3 Å². The van der Waals surface area contributed by atoms with Crippen molar-refractivity contribution >= 4 is 17.4 Å². The number of carbonyl (C=O) groups is 2. The minimum absolute atomic E-state index is 0.129. The maximum Gasteiger partial charge on any atom is 0.295 e. The highest BCUT2D eigenvalue weighted by Crippen LogP contribution is 2.39. The van der Waals surface area contributed by atoms with E-state index in [1.54, 1.807) is 23.1 Å². The Balaban J connectivity index is 2.01. The summed E-state index contributed by atoms with van der Waals surface area (Å²) in [5, 5.41) is 11.3. The molecule has 2 aromatic carbocycles. The molecule has 1 heterocycles. The number of aryl methyl sites for hydroxylation is 1. The second-order valence-corrected chi connectivity index (χ2v) is 8.66. The van der Waals surface area contributed by atoms with Crippen LogP contribution in [0, 0.1) is 6.92 Å². The summed E-state index contributed by atoms with van der Waals surface area (Å²) >= 11 is 0. The lowest BCUT2D eigenvalue weighted by atomic mass is 9.94. The molecule has 1 unspecified atom stereocenters. The number of likely N-dealkylation sites (tertiary alicyclic amines) is 1. The van der Waals surface area contributed by atoms with Crippen LogP contribution in [0.15, 0.2) is 54.1 Å². The van der Waals surface area contributed by atoms with Gasteiger partial charge in [0.05, 0.1) is 18.2 Å². The maximum absolute atomic E-state index is 13.2. The molecule has 34 heavy (non-hydrogen) atoms. The lowest BCUT2D eigenvalue weighted by Gasteiger charge is -2.27. The highest BCUT2D eigenvalue weighted by Gasteiger charge is 2.45. The Morgan fingerprint density at radius 2 is 1.76 bits per heavy atom. The van der Waals surface area contributed by atoms with Crippen molar-refractivity contribution in [2.75, 3.05) is 32.8 Å². The van der Waals surface area contributed by atoms with Gasteiger partial charge < -0.3 is 19.6 Å². The second-order valence-electron chi connectivity index (χ2n) is 8.66. The molecule has 1 aliphatic heterocycles. The van der Waals surface area contributed by atoms with Gasteiger partial charge in [0.2, 0.25) is 0 Å². The largest absolute Gasteiger partial charge is 0.507 e. The van der Waals surface area contributed by atoms with Crippen molar-refractivity contribution in [3.63, 3.8) is 0 Å². The molecule has 0 radical (unpaired) electrons. The van der Waals surface area contributed by atoms with Crippen LogP contribution < -0.4 is 4.74 Å². The van der Waals surface area contributed by atoms with Gasteiger partial charge in [0.15, 0.2) is 0 Å². The molecule has 0 aromatic heterocycles. The van der Waals surface area contributed by atoms with Gasteiger partial charge in [0, 0.05) is 12.1 Å². The van der Waals surface area contributed by atoms with E-state index in [0.29, 0.717) is 24.5 Å². The second kappa shape index (κ2) is 11.8. The van der Waals surface area contributed by atoms with Crippen LogP contribution in [0.25, 0.3) is 5.76 Å². The zero-order chi connectivity index (χ0) is 24.7. The predicted octanol–water partition coefficient (Wildman–Crippen LogP) is 4.94. The SMILES string of the molecule is CCCOc1cccc(C(O)=C2C(=O)C(=O)N(CCCN(CC)CC)C2c2ccc(C)cc2)c1. The fourth-order valence-corrected chi connectivity index (χ4v) is 4.32. The Hall–Kier alpha value is -3.12. The number of aliphatic hydroxyl groups excluding tert-OH is 1. The number of ether oxygens (including phenoxy) is 1. The van der Waals surface area contributed by atoms with Crippen molar-refractivity contribution < 1.29 is 19.4 Å². The summed E-state index contributed by atoms with van der Waals surface area (Å²) in [6, 6.07) is 14.2. The number of Topliss-reactive ketones (excluding diaryl/α,β-unsaturated/α-hetero) is 1. The van der Waals surface area contributed by atoms with Gasteiger partial charge in [0.1, 0.15) is 11.5 Å². The first-order valence-electron chi connectivity index (χ1n) is 12.2. The van der Waals surface area contributed by atoms with Crippen LogP contribution in [-0.2, 0) is 9.59 Å². The van der Waals surface area contributed by atoms with E-state index >= 15 is 0 Å². The van der Waals surface area contributed by atoms with Gasteiger partial charge >= 0.3 is 0 Å². The molecule has 6 heteroatoms. The van der Waals surface area contributed by atoms with Crippen LogP contribution in [0.5, 0.6) is 5.75 Å². The number of hydrogen-bond donors (Lipinski definition) is 1. The van der Waals surface area contributed by atoms with E-state index in [1.807, 2.05) is 44.2 Å². The molecule has 1 N–H and O–H groups in total. The zero-order valence-electron chi connectivity index (χ0n) is 20.7. The van der Waals surface area contributed by atoms with Crippen LogP contribution in [-0.4, -0.2) is 59.4 Å². The van der Waals surface area contributed by atoms with E-state index in [9.17, 15) is 14.7 Å². The monoisotopic (exact) mass is 464 g/mol. The Morgan fingerprint density at radius 1 is 1.06 bits per heavy atom. The van der Waals surface area contributed by atoms with Gasteiger partial charge in [-0.2, -0.15) is 0 Å². The van der Waals surface area contributed by atoms with E-state index in [0.717, 1.165) is 43.6 Å². The van der Waals surface area contributed by atoms with E-state index < -0.39 is 17.7 Å². The lowest BCUT2D eigenvalue weighted by Crippen LogP contribution is -2.33. The molecule has 1 aliphatic rings. The van der Waals surface area contributed by atoms with Gasteiger partial charge in [-0.1, -0.05) is 62.7 Å². The number of aliphatic hydroxyl groups is 1. The molecule has 1 saturated heterocycles. The third kappa shape index (κ3) is 5.68. The van der Waals surface area contributed by atoms with E-state index in [1.165, 1.54) is 0 Å². The fraction of sp³-hybridized carbons (Fsp3) is 0.429. The molecule has 182 valence electrons. The van der Waals surface area contributed by atoms with Gasteiger partial charge in [-0.15, -0.1) is 0 Å². The molecular weight excluding hydrogens is 428 g/mol. The average molecular weight is 465 g/mol. The quantitative estimate of drug-likeness (QED) is 0.290.